The Labute approximate surface area is 106 Å². The molecule has 0 aromatic carbocycles. The summed E-state index contributed by atoms with van der Waals surface area (Å²) in [6.07, 6.45) is 5.03. The molecule has 1 aromatic heterocycles. The Bertz CT molecular complexity index is 480. The molecule has 3 heterocycles. The van der Waals surface area contributed by atoms with Crippen LogP contribution in [0.25, 0.3) is 0 Å². The zero-order valence-corrected chi connectivity index (χ0v) is 10.6. The first-order chi connectivity index (χ1) is 8.15. The van der Waals surface area contributed by atoms with Gasteiger partial charge in [-0.15, -0.1) is 0 Å². The summed E-state index contributed by atoms with van der Waals surface area (Å²) >= 11 is 3.14. The molecule has 17 heavy (non-hydrogen) atoms. The fourth-order valence-corrected chi connectivity index (χ4v) is 2.98. The van der Waals surface area contributed by atoms with Crippen molar-refractivity contribution in [2.45, 2.75) is 37.4 Å². The maximum Gasteiger partial charge on any atom is 0.355 e. The van der Waals surface area contributed by atoms with Crippen molar-refractivity contribution in [3.8, 4) is 0 Å². The topological polar surface area (TPSA) is 72.3 Å². The molecule has 3 rings (SSSR count). The van der Waals surface area contributed by atoms with Crippen LogP contribution in [0.3, 0.4) is 0 Å². The van der Waals surface area contributed by atoms with Crippen LogP contribution in [0.4, 0.5) is 0 Å². The first-order valence-corrected chi connectivity index (χ1v) is 6.35. The van der Waals surface area contributed by atoms with E-state index in [1.54, 1.807) is 0 Å². The number of carboxylic acid groups (broad SMARTS) is 1. The summed E-state index contributed by atoms with van der Waals surface area (Å²) < 4.78 is 6.15. The molecule has 0 spiro atoms. The monoisotopic (exact) mass is 298 g/mol. The number of nitrogens with zero attached hydrogens (tertiary/aromatic N) is 2. The number of hydrogen-bond acceptors (Lipinski definition) is 4. The van der Waals surface area contributed by atoms with Gasteiger partial charge in [-0.25, -0.2) is 14.8 Å². The Balaban J connectivity index is 1.93. The summed E-state index contributed by atoms with van der Waals surface area (Å²) in [5.74, 6) is -0.289. The number of rotatable bonds is 2. The normalized spacial score (nSPS) is 30.8. The van der Waals surface area contributed by atoms with Crippen molar-refractivity contribution in [2.75, 3.05) is 0 Å². The number of halogens is 1. The van der Waals surface area contributed by atoms with Crippen molar-refractivity contribution in [3.63, 3.8) is 0 Å². The Morgan fingerprint density at radius 2 is 2.35 bits per heavy atom. The van der Waals surface area contributed by atoms with Crippen LogP contribution < -0.4 is 0 Å². The maximum atomic E-state index is 11.0. The lowest BCUT2D eigenvalue weighted by Gasteiger charge is -2.17. The van der Waals surface area contributed by atoms with Gasteiger partial charge in [-0.3, -0.25) is 0 Å². The highest BCUT2D eigenvalue weighted by atomic mass is 79.9. The molecule has 0 aliphatic carbocycles. The highest BCUT2D eigenvalue weighted by Crippen LogP contribution is 2.43. The smallest absolute Gasteiger partial charge is 0.355 e. The number of fused-ring (bicyclic) bond motifs is 2. The minimum atomic E-state index is -1.04. The quantitative estimate of drug-likeness (QED) is 0.904. The van der Waals surface area contributed by atoms with Crippen LogP contribution in [0.2, 0.25) is 0 Å². The van der Waals surface area contributed by atoms with Crippen LogP contribution in [0, 0.1) is 0 Å². The second kappa shape index (κ2) is 4.03. The highest BCUT2D eigenvalue weighted by molar-refractivity contribution is 9.10. The van der Waals surface area contributed by atoms with Gasteiger partial charge in [0.1, 0.15) is 5.82 Å². The van der Waals surface area contributed by atoms with Gasteiger partial charge in [-0.1, -0.05) is 0 Å². The molecule has 2 aliphatic rings. The molecular formula is C11H11BrN2O3. The summed E-state index contributed by atoms with van der Waals surface area (Å²) in [5, 5.41) is 9.01. The Hall–Kier alpha value is -1.01. The van der Waals surface area contributed by atoms with E-state index in [-0.39, 0.29) is 17.7 Å². The van der Waals surface area contributed by atoms with E-state index in [1.165, 1.54) is 6.20 Å². The maximum absolute atomic E-state index is 11.0. The lowest BCUT2D eigenvalue weighted by atomic mass is 9.88. The summed E-state index contributed by atoms with van der Waals surface area (Å²) in [4.78, 5) is 19.4. The molecule has 3 unspecified atom stereocenters. The standard InChI is InChI=1S/C11H11BrN2O3/c12-7-4-13-10(14-9(7)11(15)16)6-3-5-1-2-8(6)17-5/h4-6,8H,1-3H2,(H,15,16). The first kappa shape index (κ1) is 11.1. The lowest BCUT2D eigenvalue weighted by Crippen LogP contribution is -2.18. The van der Waals surface area contributed by atoms with Crippen molar-refractivity contribution in [2.24, 2.45) is 0 Å². The number of aromatic nitrogens is 2. The van der Waals surface area contributed by atoms with Crippen LogP contribution in [0.5, 0.6) is 0 Å². The van der Waals surface area contributed by atoms with E-state index in [9.17, 15) is 4.79 Å². The molecule has 3 atom stereocenters. The molecule has 2 aliphatic heterocycles. The average Bonchev–Trinajstić information content (AvgIpc) is 2.91. The minimum Gasteiger partial charge on any atom is -0.476 e. The predicted molar refractivity (Wildman–Crippen MR) is 61.9 cm³/mol. The van der Waals surface area contributed by atoms with Crippen LogP contribution in [-0.2, 0) is 4.74 Å². The molecule has 6 heteroatoms. The second-order valence-electron chi connectivity index (χ2n) is 4.45. The SMILES string of the molecule is O=C(O)c1nc(C2CC3CCC2O3)ncc1Br. The fraction of sp³-hybridized carbons (Fsp3) is 0.545. The largest absolute Gasteiger partial charge is 0.476 e. The Kier molecular flexibility index (Phi) is 2.63. The van der Waals surface area contributed by atoms with Gasteiger partial charge < -0.3 is 9.84 Å². The van der Waals surface area contributed by atoms with Gasteiger partial charge in [0.05, 0.1) is 16.7 Å². The number of carboxylic acids is 1. The van der Waals surface area contributed by atoms with Crippen molar-refractivity contribution < 1.29 is 14.6 Å². The van der Waals surface area contributed by atoms with Gasteiger partial charge in [0.2, 0.25) is 0 Å². The van der Waals surface area contributed by atoms with Crippen molar-refractivity contribution in [3.05, 3.63) is 22.2 Å². The highest BCUT2D eigenvalue weighted by Gasteiger charge is 2.43. The third-order valence-corrected chi connectivity index (χ3v) is 3.98. The molecule has 2 saturated heterocycles. The Morgan fingerprint density at radius 3 is 2.94 bits per heavy atom. The van der Waals surface area contributed by atoms with E-state index in [1.807, 2.05) is 0 Å². The number of carbonyl (C=O) groups is 1. The van der Waals surface area contributed by atoms with Gasteiger partial charge >= 0.3 is 5.97 Å². The van der Waals surface area contributed by atoms with Crippen LogP contribution in [0.15, 0.2) is 10.7 Å². The van der Waals surface area contributed by atoms with Gasteiger partial charge in [0.15, 0.2) is 5.69 Å². The predicted octanol–water partition coefficient (Wildman–Crippen LogP) is 1.97. The summed E-state index contributed by atoms with van der Waals surface area (Å²) in [7, 11) is 0. The van der Waals surface area contributed by atoms with Crippen molar-refractivity contribution in [1.82, 2.24) is 9.97 Å². The van der Waals surface area contributed by atoms with E-state index in [4.69, 9.17) is 9.84 Å². The third-order valence-electron chi connectivity index (χ3n) is 3.40. The lowest BCUT2D eigenvalue weighted by molar-refractivity contribution is 0.0687. The van der Waals surface area contributed by atoms with Crippen molar-refractivity contribution >= 4 is 21.9 Å². The molecule has 0 amide bonds. The fourth-order valence-electron chi connectivity index (χ4n) is 2.62. The van der Waals surface area contributed by atoms with Crippen molar-refractivity contribution in [1.29, 1.82) is 0 Å². The van der Waals surface area contributed by atoms with Gasteiger partial charge in [0, 0.05) is 12.1 Å². The first-order valence-electron chi connectivity index (χ1n) is 5.56. The zero-order chi connectivity index (χ0) is 12.0. The summed E-state index contributed by atoms with van der Waals surface area (Å²) in [6.45, 7) is 0. The second-order valence-corrected chi connectivity index (χ2v) is 5.30. The molecule has 5 nitrogen and oxygen atoms in total. The number of aromatic carboxylic acids is 1. The van der Waals surface area contributed by atoms with Gasteiger partial charge in [-0.2, -0.15) is 0 Å². The molecule has 1 N–H and O–H groups in total. The summed E-state index contributed by atoms with van der Waals surface area (Å²) in [5.41, 5.74) is 0.0257. The molecule has 1 aromatic rings. The number of ether oxygens (including phenoxy) is 1. The van der Waals surface area contributed by atoms with Gasteiger partial charge in [0.25, 0.3) is 0 Å². The molecule has 2 fully saturated rings. The molecule has 0 radical (unpaired) electrons. The van der Waals surface area contributed by atoms with Crippen LogP contribution in [0.1, 0.15) is 41.5 Å². The third kappa shape index (κ3) is 1.85. The molecule has 90 valence electrons. The molecule has 0 saturated carbocycles. The van der Waals surface area contributed by atoms with E-state index in [2.05, 4.69) is 25.9 Å². The van der Waals surface area contributed by atoms with E-state index < -0.39 is 5.97 Å². The van der Waals surface area contributed by atoms with Gasteiger partial charge in [-0.05, 0) is 35.2 Å². The van der Waals surface area contributed by atoms with E-state index in [0.29, 0.717) is 16.4 Å². The van der Waals surface area contributed by atoms with Crippen LogP contribution in [-0.4, -0.2) is 33.3 Å². The van der Waals surface area contributed by atoms with E-state index >= 15 is 0 Å². The van der Waals surface area contributed by atoms with Crippen LogP contribution >= 0.6 is 15.9 Å². The molecular weight excluding hydrogens is 288 g/mol. The Morgan fingerprint density at radius 1 is 1.53 bits per heavy atom. The summed E-state index contributed by atoms with van der Waals surface area (Å²) in [6, 6.07) is 0. The zero-order valence-electron chi connectivity index (χ0n) is 8.97. The average molecular weight is 299 g/mol. The minimum absolute atomic E-state index is 0.0257. The molecule has 2 bridgehead atoms. The number of hydrogen-bond donors (Lipinski definition) is 1. The van der Waals surface area contributed by atoms with E-state index in [0.717, 1.165) is 19.3 Å².